The summed E-state index contributed by atoms with van der Waals surface area (Å²) in [5.41, 5.74) is 8.92. The van der Waals surface area contributed by atoms with Gasteiger partial charge in [0.25, 0.3) is 0 Å². The average Bonchev–Trinajstić information content (AvgIpc) is 3.90. The van der Waals surface area contributed by atoms with Crippen LogP contribution in [0.5, 0.6) is 11.5 Å². The molecule has 0 fully saturated rings. The van der Waals surface area contributed by atoms with E-state index in [1.807, 2.05) is 24.3 Å². The highest BCUT2D eigenvalue weighted by molar-refractivity contribution is 6.06. The van der Waals surface area contributed by atoms with E-state index in [1.54, 1.807) is 0 Å². The Balaban J connectivity index is 0.844. The van der Waals surface area contributed by atoms with E-state index in [4.69, 9.17) is 19.7 Å². The third-order valence-electron chi connectivity index (χ3n) is 10.2. The number of hydrogen-bond donors (Lipinski definition) is 0. The van der Waals surface area contributed by atoms with E-state index in [1.165, 1.54) is 11.1 Å². The summed E-state index contributed by atoms with van der Waals surface area (Å²) in [7, 11) is 0. The maximum Gasteiger partial charge on any atom is 0.128 e. The van der Waals surface area contributed by atoms with Crippen LogP contribution in [0.2, 0.25) is 0 Å². The molecule has 0 bridgehead atoms. The lowest BCUT2D eigenvalue weighted by atomic mass is 9.97. The highest BCUT2D eigenvalue weighted by atomic mass is 16.5. The molecule has 0 radical (unpaired) electrons. The molecule has 0 aromatic heterocycles. The minimum Gasteiger partial charge on any atom is -0.493 e. The molecular weight excluding hydrogens is 665 g/mol. The standard InChI is InChI=1S/C48H46N4O2/c1(19-33-53-47-31-17-15-29-41(47)43-35-45(37-21-7-3-8-22-37)51(49-43)39-25-11-5-12-26-39)2-20-34-54-48-32-18-16-30-42(48)44-36-46(38-23-9-4-10-24-38)52(50-44)40-27-13-6-14-28-40/h3-18,21-32,45-46H,1-2,19-20,33-36H2. The summed E-state index contributed by atoms with van der Waals surface area (Å²) in [4.78, 5) is 0. The van der Waals surface area contributed by atoms with Crippen LogP contribution in [0, 0.1) is 0 Å². The molecule has 0 saturated carbocycles. The minimum absolute atomic E-state index is 0.132. The van der Waals surface area contributed by atoms with Crippen molar-refractivity contribution in [2.45, 2.75) is 50.6 Å². The normalized spacial score (nSPS) is 16.6. The van der Waals surface area contributed by atoms with Crippen LogP contribution in [0.4, 0.5) is 11.4 Å². The SMILES string of the molecule is c1ccc(C2CC(c3ccccc3OCCCCCCOc3ccccc3C3=NN(c4ccccc4)C(c4ccccc4)C3)=NN2c2ccccc2)cc1. The lowest BCUT2D eigenvalue weighted by molar-refractivity contribution is 0.287. The highest BCUT2D eigenvalue weighted by Gasteiger charge is 2.32. The summed E-state index contributed by atoms with van der Waals surface area (Å²) in [6, 6.07) is 59.1. The zero-order valence-electron chi connectivity index (χ0n) is 30.6. The van der Waals surface area contributed by atoms with E-state index in [2.05, 4.69) is 156 Å². The van der Waals surface area contributed by atoms with Crippen LogP contribution >= 0.6 is 0 Å². The first-order valence-corrected chi connectivity index (χ1v) is 19.2. The van der Waals surface area contributed by atoms with Crippen molar-refractivity contribution in [3.8, 4) is 11.5 Å². The lowest BCUT2D eigenvalue weighted by Crippen LogP contribution is -2.18. The molecular formula is C48H46N4O2. The fourth-order valence-corrected chi connectivity index (χ4v) is 7.44. The minimum atomic E-state index is 0.132. The van der Waals surface area contributed by atoms with E-state index in [0.717, 1.165) is 83.9 Å². The number of unbranched alkanes of at least 4 members (excludes halogenated alkanes) is 3. The van der Waals surface area contributed by atoms with E-state index >= 15 is 0 Å². The molecule has 6 aromatic carbocycles. The van der Waals surface area contributed by atoms with Crippen molar-refractivity contribution in [2.24, 2.45) is 10.2 Å². The van der Waals surface area contributed by atoms with Gasteiger partial charge >= 0.3 is 0 Å². The van der Waals surface area contributed by atoms with Gasteiger partial charge in [-0.2, -0.15) is 10.2 Å². The molecule has 0 amide bonds. The van der Waals surface area contributed by atoms with Gasteiger partial charge in [-0.15, -0.1) is 0 Å². The molecule has 54 heavy (non-hydrogen) atoms. The zero-order valence-corrected chi connectivity index (χ0v) is 30.6. The predicted octanol–water partition coefficient (Wildman–Crippen LogP) is 11.4. The van der Waals surface area contributed by atoms with Crippen molar-refractivity contribution in [2.75, 3.05) is 23.2 Å². The van der Waals surface area contributed by atoms with Crippen LogP contribution in [0.25, 0.3) is 0 Å². The van der Waals surface area contributed by atoms with E-state index in [-0.39, 0.29) is 12.1 Å². The van der Waals surface area contributed by atoms with Crippen LogP contribution in [-0.2, 0) is 0 Å². The van der Waals surface area contributed by atoms with Gasteiger partial charge in [0.05, 0.1) is 48.1 Å². The van der Waals surface area contributed by atoms with Gasteiger partial charge in [0, 0.05) is 24.0 Å². The molecule has 2 unspecified atom stereocenters. The quantitative estimate of drug-likeness (QED) is 0.0996. The average molecular weight is 711 g/mol. The number of benzene rings is 6. The molecule has 2 aliphatic heterocycles. The molecule has 8 rings (SSSR count). The molecule has 270 valence electrons. The Labute approximate surface area is 319 Å². The van der Waals surface area contributed by atoms with Gasteiger partial charge in [0.15, 0.2) is 0 Å². The molecule has 6 nitrogen and oxygen atoms in total. The Hall–Kier alpha value is -6.14. The van der Waals surface area contributed by atoms with Crippen molar-refractivity contribution >= 4 is 22.8 Å². The molecule has 6 aromatic rings. The molecule has 2 aliphatic rings. The smallest absolute Gasteiger partial charge is 0.128 e. The van der Waals surface area contributed by atoms with Crippen LogP contribution < -0.4 is 19.5 Å². The fraction of sp³-hybridized carbons (Fsp3) is 0.208. The first-order chi connectivity index (χ1) is 26.8. The van der Waals surface area contributed by atoms with E-state index in [9.17, 15) is 0 Å². The zero-order chi connectivity index (χ0) is 36.4. The van der Waals surface area contributed by atoms with Crippen molar-refractivity contribution in [1.82, 2.24) is 0 Å². The summed E-state index contributed by atoms with van der Waals surface area (Å²) in [5.74, 6) is 1.79. The summed E-state index contributed by atoms with van der Waals surface area (Å²) in [6.45, 7) is 1.33. The highest BCUT2D eigenvalue weighted by Crippen LogP contribution is 2.39. The molecule has 2 atom stereocenters. The Bertz CT molecular complexity index is 2000. The first kappa shape index (κ1) is 34.9. The van der Waals surface area contributed by atoms with Gasteiger partial charge in [-0.05, 0) is 85.3 Å². The summed E-state index contributed by atoms with van der Waals surface area (Å²) in [6.07, 6.45) is 5.73. The Morgan fingerprint density at radius 2 is 0.759 bits per heavy atom. The number of ether oxygens (including phenoxy) is 2. The fourth-order valence-electron chi connectivity index (χ4n) is 7.44. The van der Waals surface area contributed by atoms with E-state index < -0.39 is 0 Å². The second kappa shape index (κ2) is 17.1. The van der Waals surface area contributed by atoms with Gasteiger partial charge in [0.2, 0.25) is 0 Å². The Morgan fingerprint density at radius 1 is 0.407 bits per heavy atom. The maximum atomic E-state index is 6.41. The van der Waals surface area contributed by atoms with Crippen LogP contribution in [0.15, 0.2) is 180 Å². The number of rotatable bonds is 15. The summed E-state index contributed by atoms with van der Waals surface area (Å²) >= 11 is 0. The third kappa shape index (κ3) is 8.08. The number of hydrogen-bond acceptors (Lipinski definition) is 6. The largest absolute Gasteiger partial charge is 0.493 e. The van der Waals surface area contributed by atoms with Gasteiger partial charge in [-0.3, -0.25) is 10.0 Å². The van der Waals surface area contributed by atoms with Crippen LogP contribution in [0.3, 0.4) is 0 Å². The van der Waals surface area contributed by atoms with Crippen molar-refractivity contribution in [3.05, 3.63) is 192 Å². The Morgan fingerprint density at radius 3 is 1.17 bits per heavy atom. The molecule has 2 heterocycles. The second-order valence-corrected chi connectivity index (χ2v) is 13.8. The van der Waals surface area contributed by atoms with Crippen molar-refractivity contribution in [1.29, 1.82) is 0 Å². The lowest BCUT2D eigenvalue weighted by Gasteiger charge is -2.23. The van der Waals surface area contributed by atoms with Gasteiger partial charge < -0.3 is 9.47 Å². The molecule has 0 spiro atoms. The summed E-state index contributed by atoms with van der Waals surface area (Å²) < 4.78 is 12.8. The van der Waals surface area contributed by atoms with Crippen LogP contribution in [-0.4, -0.2) is 24.6 Å². The molecule has 0 saturated heterocycles. The third-order valence-corrected chi connectivity index (χ3v) is 10.2. The van der Waals surface area contributed by atoms with Gasteiger partial charge in [0.1, 0.15) is 11.5 Å². The Kier molecular flexibility index (Phi) is 11.1. The molecule has 0 N–H and O–H groups in total. The van der Waals surface area contributed by atoms with Gasteiger partial charge in [-0.25, -0.2) is 0 Å². The number of hydrazone groups is 2. The van der Waals surface area contributed by atoms with Crippen molar-refractivity contribution in [3.63, 3.8) is 0 Å². The summed E-state index contributed by atoms with van der Waals surface area (Å²) in [5, 5.41) is 14.6. The predicted molar refractivity (Wildman–Crippen MR) is 221 cm³/mol. The number of para-hydroxylation sites is 4. The van der Waals surface area contributed by atoms with Crippen molar-refractivity contribution < 1.29 is 9.47 Å². The van der Waals surface area contributed by atoms with Crippen LogP contribution in [0.1, 0.15) is 72.9 Å². The van der Waals surface area contributed by atoms with E-state index in [0.29, 0.717) is 13.2 Å². The second-order valence-electron chi connectivity index (χ2n) is 13.8. The molecule has 0 aliphatic carbocycles. The first-order valence-electron chi connectivity index (χ1n) is 19.2. The number of nitrogens with zero attached hydrogens (tertiary/aromatic N) is 4. The maximum absolute atomic E-state index is 6.41. The number of anilines is 2. The van der Waals surface area contributed by atoms with Gasteiger partial charge in [-0.1, -0.05) is 121 Å². The molecule has 6 heteroatoms. The topological polar surface area (TPSA) is 49.7 Å². The monoisotopic (exact) mass is 710 g/mol.